The summed E-state index contributed by atoms with van der Waals surface area (Å²) in [7, 11) is 0. The predicted molar refractivity (Wildman–Crippen MR) is 103 cm³/mol. The van der Waals surface area contributed by atoms with Gasteiger partial charge in [0.25, 0.3) is 0 Å². The van der Waals surface area contributed by atoms with Gasteiger partial charge in [-0.25, -0.2) is 9.78 Å². The molecule has 138 valence electrons. The highest BCUT2D eigenvalue weighted by Crippen LogP contribution is 2.25. The van der Waals surface area contributed by atoms with Gasteiger partial charge in [0.15, 0.2) is 0 Å². The Kier molecular flexibility index (Phi) is 4.62. The second-order valence-electron chi connectivity index (χ2n) is 6.65. The number of fused-ring (bicyclic) bond motifs is 2. The first-order valence-corrected chi connectivity index (χ1v) is 9.18. The third-order valence-electron chi connectivity index (χ3n) is 4.83. The number of imidazole rings is 1. The normalized spacial score (nSPS) is 12.8. The molecule has 0 fully saturated rings. The van der Waals surface area contributed by atoms with Crippen molar-refractivity contribution in [1.29, 1.82) is 0 Å². The topological polar surface area (TPSA) is 73.2 Å². The van der Waals surface area contributed by atoms with Crippen molar-refractivity contribution < 1.29 is 14.3 Å². The van der Waals surface area contributed by atoms with Crippen molar-refractivity contribution in [3.05, 3.63) is 59.4 Å². The number of para-hydroxylation sites is 1. The molecule has 0 aliphatic heterocycles. The number of anilines is 1. The van der Waals surface area contributed by atoms with Crippen molar-refractivity contribution in [1.82, 2.24) is 9.55 Å². The summed E-state index contributed by atoms with van der Waals surface area (Å²) in [6.07, 6.45) is 4.93. The quantitative estimate of drug-likeness (QED) is 0.706. The van der Waals surface area contributed by atoms with Gasteiger partial charge in [-0.1, -0.05) is 12.1 Å². The van der Waals surface area contributed by atoms with Crippen LogP contribution in [0.4, 0.5) is 5.69 Å². The molecule has 2 aromatic carbocycles. The first-order chi connectivity index (χ1) is 13.2. The standard InChI is InChI=1S/C21H21N3O3/c1-2-27-21(26)17-7-4-8-18-20(17)24(13-22-18)12-19(25)23-16-10-9-14-5-3-6-15(14)11-16/h4,7-11,13H,2-3,5-6,12H2,1H3,(H,23,25). The number of hydrogen-bond acceptors (Lipinski definition) is 4. The zero-order chi connectivity index (χ0) is 18.8. The number of amides is 1. The molecule has 0 saturated carbocycles. The van der Waals surface area contributed by atoms with Gasteiger partial charge in [-0.15, -0.1) is 0 Å². The third kappa shape index (κ3) is 3.43. The Morgan fingerprint density at radius 3 is 2.89 bits per heavy atom. The average Bonchev–Trinajstić information content (AvgIpc) is 3.28. The van der Waals surface area contributed by atoms with Crippen LogP contribution >= 0.6 is 0 Å². The van der Waals surface area contributed by atoms with Gasteiger partial charge in [0, 0.05) is 5.69 Å². The second kappa shape index (κ2) is 7.23. The number of nitrogens with one attached hydrogen (secondary N) is 1. The lowest BCUT2D eigenvalue weighted by Gasteiger charge is -2.10. The Morgan fingerprint density at radius 1 is 1.19 bits per heavy atom. The summed E-state index contributed by atoms with van der Waals surface area (Å²) >= 11 is 0. The fraction of sp³-hybridized carbons (Fsp3) is 0.286. The molecule has 6 nitrogen and oxygen atoms in total. The molecule has 3 aromatic rings. The molecular weight excluding hydrogens is 342 g/mol. The van der Waals surface area contributed by atoms with Gasteiger partial charge >= 0.3 is 5.97 Å². The number of aryl methyl sites for hydroxylation is 2. The third-order valence-corrected chi connectivity index (χ3v) is 4.83. The molecule has 0 atom stereocenters. The van der Waals surface area contributed by atoms with E-state index < -0.39 is 5.97 Å². The molecule has 1 heterocycles. The van der Waals surface area contributed by atoms with Gasteiger partial charge in [-0.2, -0.15) is 0 Å². The van der Waals surface area contributed by atoms with Crippen molar-refractivity contribution in [3.63, 3.8) is 0 Å². The highest BCUT2D eigenvalue weighted by atomic mass is 16.5. The van der Waals surface area contributed by atoms with Crippen molar-refractivity contribution in [3.8, 4) is 0 Å². The molecule has 0 bridgehead atoms. The Hall–Kier alpha value is -3.15. The maximum atomic E-state index is 12.6. The van der Waals surface area contributed by atoms with Gasteiger partial charge in [0.1, 0.15) is 6.54 Å². The number of esters is 1. The molecule has 0 radical (unpaired) electrons. The number of benzene rings is 2. The maximum Gasteiger partial charge on any atom is 0.340 e. The lowest BCUT2D eigenvalue weighted by atomic mass is 10.1. The summed E-state index contributed by atoms with van der Waals surface area (Å²) in [5.41, 5.74) is 5.16. The van der Waals surface area contributed by atoms with Gasteiger partial charge in [-0.05, 0) is 61.6 Å². The summed E-state index contributed by atoms with van der Waals surface area (Å²) in [5, 5.41) is 2.94. The molecule has 1 aliphatic rings. The first kappa shape index (κ1) is 17.3. The summed E-state index contributed by atoms with van der Waals surface area (Å²) < 4.78 is 6.81. The van der Waals surface area contributed by atoms with Crippen molar-refractivity contribution in [2.24, 2.45) is 0 Å². The van der Waals surface area contributed by atoms with E-state index in [9.17, 15) is 9.59 Å². The van der Waals surface area contributed by atoms with E-state index in [4.69, 9.17) is 4.74 Å². The number of ether oxygens (including phenoxy) is 1. The minimum absolute atomic E-state index is 0.0734. The zero-order valence-electron chi connectivity index (χ0n) is 15.2. The maximum absolute atomic E-state index is 12.6. The van der Waals surface area contributed by atoms with Gasteiger partial charge in [-0.3, -0.25) is 4.79 Å². The van der Waals surface area contributed by atoms with Gasteiger partial charge < -0.3 is 14.6 Å². The van der Waals surface area contributed by atoms with Crippen LogP contribution in [0.15, 0.2) is 42.7 Å². The highest BCUT2D eigenvalue weighted by Gasteiger charge is 2.17. The van der Waals surface area contributed by atoms with Crippen LogP contribution in [0.2, 0.25) is 0 Å². The number of hydrogen-bond donors (Lipinski definition) is 1. The van der Waals surface area contributed by atoms with Crippen LogP contribution < -0.4 is 5.32 Å². The molecule has 6 heteroatoms. The van der Waals surface area contributed by atoms with Crippen LogP contribution in [0.5, 0.6) is 0 Å². The van der Waals surface area contributed by atoms with E-state index in [0.29, 0.717) is 23.2 Å². The Labute approximate surface area is 157 Å². The van der Waals surface area contributed by atoms with E-state index in [0.717, 1.165) is 18.5 Å². The van der Waals surface area contributed by atoms with Crippen molar-refractivity contribution >= 4 is 28.6 Å². The van der Waals surface area contributed by atoms with Crippen molar-refractivity contribution in [2.45, 2.75) is 32.7 Å². The molecule has 0 unspecified atom stereocenters. The minimum atomic E-state index is -0.413. The van der Waals surface area contributed by atoms with E-state index in [2.05, 4.69) is 22.4 Å². The Bertz CT molecular complexity index is 1020. The smallest absolute Gasteiger partial charge is 0.340 e. The predicted octanol–water partition coefficient (Wildman–Crippen LogP) is 3.34. The number of nitrogens with zero attached hydrogens (tertiary/aromatic N) is 2. The molecule has 1 aromatic heterocycles. The molecule has 4 rings (SSSR count). The zero-order valence-corrected chi connectivity index (χ0v) is 15.2. The number of carbonyl (C=O) groups is 2. The summed E-state index contributed by atoms with van der Waals surface area (Å²) in [6, 6.07) is 11.3. The lowest BCUT2D eigenvalue weighted by Crippen LogP contribution is -2.19. The molecule has 1 N–H and O–H groups in total. The highest BCUT2D eigenvalue weighted by molar-refractivity contribution is 6.02. The summed E-state index contributed by atoms with van der Waals surface area (Å²) in [5.74, 6) is -0.574. The second-order valence-corrected chi connectivity index (χ2v) is 6.65. The fourth-order valence-corrected chi connectivity index (χ4v) is 3.63. The van der Waals surface area contributed by atoms with Gasteiger partial charge in [0.05, 0.1) is 29.5 Å². The monoisotopic (exact) mass is 363 g/mol. The molecule has 0 spiro atoms. The van der Waals surface area contributed by atoms with Crippen LogP contribution in [-0.2, 0) is 28.9 Å². The fourth-order valence-electron chi connectivity index (χ4n) is 3.63. The van der Waals surface area contributed by atoms with E-state index in [-0.39, 0.29) is 12.5 Å². The number of rotatable bonds is 5. The first-order valence-electron chi connectivity index (χ1n) is 9.18. The van der Waals surface area contributed by atoms with Crippen LogP contribution in [-0.4, -0.2) is 28.0 Å². The minimum Gasteiger partial charge on any atom is -0.462 e. The summed E-state index contributed by atoms with van der Waals surface area (Å²) in [4.78, 5) is 29.1. The molecular formula is C21H21N3O3. The summed E-state index contributed by atoms with van der Waals surface area (Å²) in [6.45, 7) is 2.13. The average molecular weight is 363 g/mol. The van der Waals surface area contributed by atoms with Crippen LogP contribution in [0.1, 0.15) is 34.8 Å². The SMILES string of the molecule is CCOC(=O)c1cccc2ncn(CC(=O)Nc3ccc4c(c3)CCC4)c12. The Morgan fingerprint density at radius 2 is 2.04 bits per heavy atom. The number of carbonyl (C=O) groups excluding carboxylic acids is 2. The lowest BCUT2D eigenvalue weighted by molar-refractivity contribution is -0.116. The molecule has 1 amide bonds. The van der Waals surface area contributed by atoms with Crippen LogP contribution in [0.25, 0.3) is 11.0 Å². The van der Waals surface area contributed by atoms with E-state index in [1.807, 2.05) is 12.1 Å². The molecule has 27 heavy (non-hydrogen) atoms. The van der Waals surface area contributed by atoms with E-state index in [1.54, 1.807) is 30.0 Å². The number of aromatic nitrogens is 2. The van der Waals surface area contributed by atoms with E-state index >= 15 is 0 Å². The molecule has 0 saturated heterocycles. The van der Waals surface area contributed by atoms with Gasteiger partial charge in [0.2, 0.25) is 5.91 Å². The van der Waals surface area contributed by atoms with Crippen LogP contribution in [0.3, 0.4) is 0 Å². The van der Waals surface area contributed by atoms with Crippen molar-refractivity contribution in [2.75, 3.05) is 11.9 Å². The largest absolute Gasteiger partial charge is 0.462 e. The van der Waals surface area contributed by atoms with E-state index in [1.165, 1.54) is 17.5 Å². The molecule has 1 aliphatic carbocycles. The Balaban J connectivity index is 1.56. The van der Waals surface area contributed by atoms with Crippen LogP contribution in [0, 0.1) is 0 Å².